The van der Waals surface area contributed by atoms with E-state index in [1.807, 2.05) is 0 Å². The van der Waals surface area contributed by atoms with Crippen molar-refractivity contribution in [2.24, 2.45) is 5.73 Å². The van der Waals surface area contributed by atoms with E-state index in [4.69, 9.17) is 10.8 Å². The Bertz CT molecular complexity index is 329. The number of aliphatic hydroxyl groups excluding tert-OH is 1. The summed E-state index contributed by atoms with van der Waals surface area (Å²) >= 11 is 4.20. The fourth-order valence-corrected chi connectivity index (χ4v) is 1.88. The van der Waals surface area contributed by atoms with Crippen LogP contribution in [-0.2, 0) is 9.59 Å². The highest BCUT2D eigenvalue weighted by Gasteiger charge is 2.42. The van der Waals surface area contributed by atoms with E-state index in [0.29, 0.717) is 0 Å². The molecule has 1 aliphatic heterocycles. The summed E-state index contributed by atoms with van der Waals surface area (Å²) in [5, 5.41) is 18.4. The van der Waals surface area contributed by atoms with Crippen molar-refractivity contribution >= 4 is 24.5 Å². The number of carboxylic acid groups (broad SMARTS) is 1. The molecule has 1 amide bonds. The summed E-state index contributed by atoms with van der Waals surface area (Å²) in [7, 11) is 0. The van der Waals surface area contributed by atoms with Crippen molar-refractivity contribution in [2.45, 2.75) is 43.2 Å². The average molecular weight is 262 g/mol. The summed E-state index contributed by atoms with van der Waals surface area (Å²) in [6, 6.07) is -1.91. The minimum atomic E-state index is -1.13. The topological polar surface area (TPSA) is 104 Å². The molecule has 0 aromatic carbocycles. The van der Waals surface area contributed by atoms with Crippen LogP contribution in [0.5, 0.6) is 0 Å². The molecule has 4 N–H and O–H groups in total. The van der Waals surface area contributed by atoms with Gasteiger partial charge in [-0.2, -0.15) is 12.6 Å². The van der Waals surface area contributed by atoms with Crippen molar-refractivity contribution < 1.29 is 19.8 Å². The number of carboxylic acids is 1. The van der Waals surface area contributed by atoms with Gasteiger partial charge >= 0.3 is 5.97 Å². The first kappa shape index (κ1) is 14.3. The Kier molecular flexibility index (Phi) is 4.06. The third-order valence-corrected chi connectivity index (χ3v) is 3.15. The molecule has 0 aromatic heterocycles. The van der Waals surface area contributed by atoms with Crippen molar-refractivity contribution in [1.29, 1.82) is 0 Å². The Morgan fingerprint density at radius 3 is 2.47 bits per heavy atom. The number of β-amino-alcohol motifs (C(OH)–C–C–N with tert-alkyl or cyclic N) is 1. The standard InChI is InChI=1S/C10H18N2O4S/c1-10(2,17)7(11)8(14)12-4-5(13)3-6(12)9(15)16/h5-7,13,17H,3-4,11H2,1-2H3,(H,15,16)/t5-,6+,7-/m1/s1. The van der Waals surface area contributed by atoms with Gasteiger partial charge in [0.05, 0.1) is 12.1 Å². The Hall–Kier alpha value is -0.790. The Balaban J connectivity index is 2.84. The number of nitrogens with zero attached hydrogens (tertiary/aromatic N) is 1. The highest BCUT2D eigenvalue weighted by molar-refractivity contribution is 7.81. The molecule has 6 nitrogen and oxygen atoms in total. The van der Waals surface area contributed by atoms with Crippen molar-refractivity contribution in [1.82, 2.24) is 4.90 Å². The lowest BCUT2D eigenvalue weighted by atomic mass is 10.0. The van der Waals surface area contributed by atoms with Gasteiger partial charge in [-0.05, 0) is 13.8 Å². The van der Waals surface area contributed by atoms with Gasteiger partial charge in [-0.3, -0.25) is 4.79 Å². The monoisotopic (exact) mass is 262 g/mol. The van der Waals surface area contributed by atoms with Crippen LogP contribution in [0.2, 0.25) is 0 Å². The normalized spacial score (nSPS) is 27.0. The van der Waals surface area contributed by atoms with Crippen LogP contribution < -0.4 is 5.73 Å². The largest absolute Gasteiger partial charge is 0.480 e. The number of aliphatic hydroxyl groups is 1. The number of hydrogen-bond donors (Lipinski definition) is 4. The number of thiol groups is 1. The van der Waals surface area contributed by atoms with Crippen LogP contribution >= 0.6 is 12.6 Å². The van der Waals surface area contributed by atoms with Crippen LogP contribution in [0.25, 0.3) is 0 Å². The van der Waals surface area contributed by atoms with Crippen molar-refractivity contribution in [3.8, 4) is 0 Å². The molecule has 0 aromatic rings. The first-order chi connectivity index (χ1) is 7.64. The minimum Gasteiger partial charge on any atom is -0.480 e. The molecule has 0 aliphatic carbocycles. The quantitative estimate of drug-likeness (QED) is 0.492. The van der Waals surface area contributed by atoms with Crippen molar-refractivity contribution in [3.63, 3.8) is 0 Å². The van der Waals surface area contributed by atoms with E-state index in [1.165, 1.54) is 0 Å². The summed E-state index contributed by atoms with van der Waals surface area (Å²) in [4.78, 5) is 24.1. The van der Waals surface area contributed by atoms with Gasteiger partial charge in [0.2, 0.25) is 5.91 Å². The molecule has 3 atom stereocenters. The second-order valence-electron chi connectivity index (χ2n) is 4.87. The fraction of sp³-hybridized carbons (Fsp3) is 0.800. The molecule has 0 bridgehead atoms. The number of hydrogen-bond acceptors (Lipinski definition) is 5. The Morgan fingerprint density at radius 1 is 1.53 bits per heavy atom. The first-order valence-electron chi connectivity index (χ1n) is 5.34. The van der Waals surface area contributed by atoms with Crippen LogP contribution in [0, 0.1) is 0 Å². The van der Waals surface area contributed by atoms with Crippen molar-refractivity contribution in [2.75, 3.05) is 6.54 Å². The number of carbonyl (C=O) groups is 2. The smallest absolute Gasteiger partial charge is 0.326 e. The summed E-state index contributed by atoms with van der Waals surface area (Å²) < 4.78 is -0.742. The first-order valence-corrected chi connectivity index (χ1v) is 5.78. The SMILES string of the molecule is CC(C)(S)[C@H](N)C(=O)N1C[C@H](O)C[C@H]1C(=O)O. The van der Waals surface area contributed by atoms with Gasteiger partial charge in [0.25, 0.3) is 0 Å². The number of amides is 1. The second-order valence-corrected chi connectivity index (χ2v) is 6.02. The van der Waals surface area contributed by atoms with E-state index in [0.717, 1.165) is 4.90 Å². The molecule has 0 saturated carbocycles. The molecule has 98 valence electrons. The molecule has 7 heteroatoms. The van der Waals surface area contributed by atoms with Crippen LogP contribution in [0.4, 0.5) is 0 Å². The summed E-state index contributed by atoms with van der Waals surface area (Å²) in [5.41, 5.74) is 5.74. The zero-order valence-corrected chi connectivity index (χ0v) is 10.7. The highest BCUT2D eigenvalue weighted by Crippen LogP contribution is 2.23. The molecule has 1 rings (SSSR count). The molecule has 17 heavy (non-hydrogen) atoms. The van der Waals surface area contributed by atoms with Crippen LogP contribution in [0.3, 0.4) is 0 Å². The number of aliphatic carboxylic acids is 1. The van der Waals surface area contributed by atoms with Crippen LogP contribution in [-0.4, -0.2) is 56.5 Å². The molecule has 1 saturated heterocycles. The van der Waals surface area contributed by atoms with Gasteiger partial charge in [-0.1, -0.05) is 0 Å². The van der Waals surface area contributed by atoms with Gasteiger partial charge in [-0.15, -0.1) is 0 Å². The van der Waals surface area contributed by atoms with Gasteiger partial charge in [0.1, 0.15) is 6.04 Å². The van der Waals surface area contributed by atoms with E-state index >= 15 is 0 Å². The van der Waals surface area contributed by atoms with Crippen LogP contribution in [0.15, 0.2) is 0 Å². The molecule has 1 aliphatic rings. The molecule has 0 spiro atoms. The van der Waals surface area contributed by atoms with Crippen molar-refractivity contribution in [3.05, 3.63) is 0 Å². The van der Waals surface area contributed by atoms with E-state index < -0.39 is 34.8 Å². The minimum absolute atomic E-state index is 0.00730. The van der Waals surface area contributed by atoms with Gasteiger partial charge in [0, 0.05) is 17.7 Å². The highest BCUT2D eigenvalue weighted by atomic mass is 32.1. The Morgan fingerprint density at radius 2 is 2.06 bits per heavy atom. The zero-order chi connectivity index (χ0) is 13.4. The van der Waals surface area contributed by atoms with E-state index in [-0.39, 0.29) is 13.0 Å². The van der Waals surface area contributed by atoms with Gasteiger partial charge in [-0.25, -0.2) is 4.79 Å². The second kappa shape index (κ2) is 4.83. The lowest BCUT2D eigenvalue weighted by Gasteiger charge is -2.30. The number of rotatable bonds is 3. The molecule has 1 fully saturated rings. The van der Waals surface area contributed by atoms with Gasteiger partial charge in [0.15, 0.2) is 0 Å². The maximum Gasteiger partial charge on any atom is 0.326 e. The number of likely N-dealkylation sites (tertiary alicyclic amines) is 1. The molecular formula is C10H18N2O4S. The lowest BCUT2D eigenvalue weighted by molar-refractivity contribution is -0.148. The maximum absolute atomic E-state index is 12.0. The molecule has 1 heterocycles. The Labute approximate surface area is 105 Å². The van der Waals surface area contributed by atoms with E-state index in [9.17, 15) is 14.7 Å². The third kappa shape index (κ3) is 3.11. The van der Waals surface area contributed by atoms with Crippen LogP contribution in [0.1, 0.15) is 20.3 Å². The molecular weight excluding hydrogens is 244 g/mol. The summed E-state index contributed by atoms with van der Waals surface area (Å²) in [6.07, 6.45) is -0.767. The maximum atomic E-state index is 12.0. The number of nitrogens with two attached hydrogens (primary N) is 1. The van der Waals surface area contributed by atoms with Gasteiger partial charge < -0.3 is 20.8 Å². The van der Waals surface area contributed by atoms with E-state index in [2.05, 4.69) is 12.6 Å². The summed E-state index contributed by atoms with van der Waals surface area (Å²) in [5.74, 6) is -1.62. The zero-order valence-electron chi connectivity index (χ0n) is 9.83. The predicted molar refractivity (Wildman–Crippen MR) is 64.8 cm³/mol. The van der Waals surface area contributed by atoms with E-state index in [1.54, 1.807) is 13.8 Å². The third-order valence-electron chi connectivity index (χ3n) is 2.87. The summed E-state index contributed by atoms with van der Waals surface area (Å²) in [6.45, 7) is 3.37. The number of carbonyl (C=O) groups excluding carboxylic acids is 1. The lowest BCUT2D eigenvalue weighted by Crippen LogP contribution is -2.55. The average Bonchev–Trinajstić information content (AvgIpc) is 2.56. The molecule has 0 radical (unpaired) electrons. The predicted octanol–water partition coefficient (Wildman–Crippen LogP) is -0.931. The fourth-order valence-electron chi connectivity index (χ4n) is 1.77. The molecule has 0 unspecified atom stereocenters.